The molecule has 2 heterocycles. The average Bonchev–Trinajstić information content (AvgIpc) is 2.95. The highest BCUT2D eigenvalue weighted by Crippen LogP contribution is 2.33. The first-order chi connectivity index (χ1) is 12.0. The molecule has 8 heteroatoms. The Morgan fingerprint density at radius 2 is 2.04 bits per heavy atom. The molecule has 1 amide bonds. The Kier molecular flexibility index (Phi) is 5.31. The molecule has 0 unspecified atom stereocenters. The number of non-ortho nitro benzene ring substituents is 1. The quantitative estimate of drug-likeness (QED) is 0.647. The van der Waals surface area contributed by atoms with E-state index in [4.69, 9.17) is 9.47 Å². The zero-order valence-electron chi connectivity index (χ0n) is 14.3. The van der Waals surface area contributed by atoms with Crippen molar-refractivity contribution in [2.24, 2.45) is 0 Å². The van der Waals surface area contributed by atoms with Gasteiger partial charge in [0.1, 0.15) is 0 Å². The largest absolute Gasteiger partial charge is 0.347 e. The number of benzene rings is 1. The number of anilines is 1. The van der Waals surface area contributed by atoms with Gasteiger partial charge in [-0.3, -0.25) is 14.9 Å². The van der Waals surface area contributed by atoms with Crippen LogP contribution in [-0.2, 0) is 14.3 Å². The lowest BCUT2D eigenvalue weighted by atomic mass is 10.0. The monoisotopic (exact) mass is 349 g/mol. The highest BCUT2D eigenvalue weighted by Gasteiger charge is 2.42. The first kappa shape index (κ1) is 17.8. The summed E-state index contributed by atoms with van der Waals surface area (Å²) in [5.41, 5.74) is 0.570. The van der Waals surface area contributed by atoms with Crippen molar-refractivity contribution in [2.75, 3.05) is 31.6 Å². The van der Waals surface area contributed by atoms with Crippen LogP contribution in [-0.4, -0.2) is 53.9 Å². The van der Waals surface area contributed by atoms with Crippen LogP contribution < -0.4 is 5.32 Å². The number of nitrogens with one attached hydrogen (secondary N) is 1. The summed E-state index contributed by atoms with van der Waals surface area (Å²) in [7, 11) is 0. The minimum Gasteiger partial charge on any atom is -0.347 e. The van der Waals surface area contributed by atoms with Crippen LogP contribution in [0.1, 0.15) is 26.2 Å². The van der Waals surface area contributed by atoms with Crippen molar-refractivity contribution in [3.63, 3.8) is 0 Å². The Bertz CT molecular complexity index is 626. The van der Waals surface area contributed by atoms with E-state index in [1.807, 2.05) is 6.92 Å². The molecular weight excluding hydrogens is 326 g/mol. The summed E-state index contributed by atoms with van der Waals surface area (Å²) in [6.07, 6.45) is 2.17. The van der Waals surface area contributed by atoms with E-state index in [9.17, 15) is 14.9 Å². The Labute approximate surface area is 146 Å². The third-order valence-corrected chi connectivity index (χ3v) is 4.63. The molecular formula is C17H23N3O5. The van der Waals surface area contributed by atoms with Gasteiger partial charge in [0.2, 0.25) is 5.91 Å². The molecule has 0 aromatic heterocycles. The number of carbonyl (C=O) groups is 1. The summed E-state index contributed by atoms with van der Waals surface area (Å²) in [4.78, 5) is 24.4. The Morgan fingerprint density at radius 3 is 2.60 bits per heavy atom. The molecule has 1 atom stereocenters. The van der Waals surface area contributed by atoms with Crippen LogP contribution in [0.25, 0.3) is 0 Å². The lowest BCUT2D eigenvalue weighted by Gasteiger charge is -2.37. The molecule has 3 rings (SSSR count). The summed E-state index contributed by atoms with van der Waals surface area (Å²) in [6.45, 7) is 5.03. The molecule has 2 saturated heterocycles. The average molecular weight is 349 g/mol. The molecule has 0 radical (unpaired) electrons. The van der Waals surface area contributed by atoms with E-state index in [1.54, 1.807) is 0 Å². The number of nitro groups is 1. The lowest BCUT2D eigenvalue weighted by molar-refractivity contribution is -0.384. The van der Waals surface area contributed by atoms with E-state index in [0.29, 0.717) is 25.3 Å². The minimum absolute atomic E-state index is 0.00548. The predicted molar refractivity (Wildman–Crippen MR) is 91.2 cm³/mol. The van der Waals surface area contributed by atoms with Crippen molar-refractivity contribution >= 4 is 17.3 Å². The van der Waals surface area contributed by atoms with Gasteiger partial charge in [-0.1, -0.05) is 0 Å². The second-order valence-electron chi connectivity index (χ2n) is 6.59. The smallest absolute Gasteiger partial charge is 0.269 e. The maximum Gasteiger partial charge on any atom is 0.269 e. The van der Waals surface area contributed by atoms with Crippen molar-refractivity contribution in [1.29, 1.82) is 0 Å². The standard InChI is InChI=1S/C17H23N3O5/c1-13-12-24-17(25-13)7-10-19(11-8-17)9-6-16(21)18-14-2-4-15(5-3-14)20(22)23/h2-5,13H,6-12H2,1H3,(H,18,21)/t13-/m1/s1. The lowest BCUT2D eigenvalue weighted by Crippen LogP contribution is -2.46. The van der Waals surface area contributed by atoms with Crippen molar-refractivity contribution in [3.8, 4) is 0 Å². The van der Waals surface area contributed by atoms with Crippen LogP contribution in [0.4, 0.5) is 11.4 Å². The Balaban J connectivity index is 1.40. The van der Waals surface area contributed by atoms with Gasteiger partial charge < -0.3 is 19.7 Å². The molecule has 2 fully saturated rings. The van der Waals surface area contributed by atoms with Crippen LogP contribution in [0.2, 0.25) is 0 Å². The van der Waals surface area contributed by atoms with E-state index < -0.39 is 10.7 Å². The fourth-order valence-corrected chi connectivity index (χ4v) is 3.23. The first-order valence-electron chi connectivity index (χ1n) is 8.54. The maximum absolute atomic E-state index is 12.0. The summed E-state index contributed by atoms with van der Waals surface area (Å²) >= 11 is 0. The Morgan fingerprint density at radius 1 is 1.36 bits per heavy atom. The number of hydrogen-bond donors (Lipinski definition) is 1. The van der Waals surface area contributed by atoms with Gasteiger partial charge in [0.25, 0.3) is 5.69 Å². The maximum atomic E-state index is 12.0. The van der Waals surface area contributed by atoms with Gasteiger partial charge in [-0.25, -0.2) is 0 Å². The molecule has 0 aliphatic carbocycles. The second-order valence-corrected chi connectivity index (χ2v) is 6.59. The molecule has 8 nitrogen and oxygen atoms in total. The van der Waals surface area contributed by atoms with Crippen LogP contribution in [0, 0.1) is 10.1 Å². The van der Waals surface area contributed by atoms with Gasteiger partial charge >= 0.3 is 0 Å². The van der Waals surface area contributed by atoms with Gasteiger partial charge in [-0.2, -0.15) is 0 Å². The fraction of sp³-hybridized carbons (Fsp3) is 0.588. The molecule has 2 aliphatic rings. The number of nitro benzene ring substituents is 1. The molecule has 0 saturated carbocycles. The topological polar surface area (TPSA) is 93.9 Å². The second kappa shape index (κ2) is 7.47. The number of hydrogen-bond acceptors (Lipinski definition) is 6. The predicted octanol–water partition coefficient (Wildman–Crippen LogP) is 2.15. The first-order valence-corrected chi connectivity index (χ1v) is 8.54. The highest BCUT2D eigenvalue weighted by atomic mass is 16.7. The van der Waals surface area contributed by atoms with Gasteiger partial charge in [0.05, 0.1) is 17.6 Å². The summed E-state index contributed by atoms with van der Waals surface area (Å²) in [6, 6.07) is 5.83. The molecule has 136 valence electrons. The van der Waals surface area contributed by atoms with Crippen LogP contribution in [0.5, 0.6) is 0 Å². The number of piperidine rings is 1. The number of carbonyl (C=O) groups excluding carboxylic acids is 1. The zero-order valence-corrected chi connectivity index (χ0v) is 14.3. The van der Waals surface area contributed by atoms with Crippen molar-refractivity contribution < 1.29 is 19.2 Å². The van der Waals surface area contributed by atoms with Gasteiger partial charge in [-0.05, 0) is 19.1 Å². The Hall–Kier alpha value is -2.03. The van der Waals surface area contributed by atoms with E-state index in [1.165, 1.54) is 24.3 Å². The van der Waals surface area contributed by atoms with E-state index in [0.717, 1.165) is 25.9 Å². The molecule has 2 aliphatic heterocycles. The van der Waals surface area contributed by atoms with E-state index in [2.05, 4.69) is 10.2 Å². The number of amides is 1. The minimum atomic E-state index is -0.465. The summed E-state index contributed by atoms with van der Waals surface area (Å²) < 4.78 is 11.7. The van der Waals surface area contributed by atoms with Crippen LogP contribution >= 0.6 is 0 Å². The third kappa shape index (κ3) is 4.53. The molecule has 1 aromatic rings. The molecule has 1 aromatic carbocycles. The molecule has 1 spiro atoms. The van der Waals surface area contributed by atoms with Crippen molar-refractivity contribution in [3.05, 3.63) is 34.4 Å². The molecule has 1 N–H and O–H groups in total. The zero-order chi connectivity index (χ0) is 17.9. The van der Waals surface area contributed by atoms with Crippen molar-refractivity contribution in [1.82, 2.24) is 4.90 Å². The third-order valence-electron chi connectivity index (χ3n) is 4.63. The number of rotatable bonds is 5. The number of likely N-dealkylation sites (tertiary alicyclic amines) is 1. The fourth-order valence-electron chi connectivity index (χ4n) is 3.23. The normalized spacial score (nSPS) is 22.8. The van der Waals surface area contributed by atoms with Gasteiger partial charge in [-0.15, -0.1) is 0 Å². The number of nitrogens with zero attached hydrogens (tertiary/aromatic N) is 2. The molecule has 25 heavy (non-hydrogen) atoms. The SMILES string of the molecule is C[C@@H]1COC2(CCN(CCC(=O)Nc3ccc([N+](=O)[O-])cc3)CC2)O1. The summed E-state index contributed by atoms with van der Waals surface area (Å²) in [5, 5.41) is 13.4. The van der Waals surface area contributed by atoms with E-state index >= 15 is 0 Å². The summed E-state index contributed by atoms with van der Waals surface area (Å²) in [5.74, 6) is -0.521. The van der Waals surface area contributed by atoms with Crippen LogP contribution in [0.3, 0.4) is 0 Å². The number of ether oxygens (including phenoxy) is 2. The molecule has 0 bridgehead atoms. The van der Waals surface area contributed by atoms with Gasteiger partial charge in [0, 0.05) is 56.7 Å². The van der Waals surface area contributed by atoms with Gasteiger partial charge in [0.15, 0.2) is 5.79 Å². The van der Waals surface area contributed by atoms with Crippen molar-refractivity contribution in [2.45, 2.75) is 38.1 Å². The highest BCUT2D eigenvalue weighted by molar-refractivity contribution is 5.90. The van der Waals surface area contributed by atoms with E-state index in [-0.39, 0.29) is 17.7 Å². The van der Waals surface area contributed by atoms with Crippen LogP contribution in [0.15, 0.2) is 24.3 Å².